The van der Waals surface area contributed by atoms with Crippen LogP contribution in [0.2, 0.25) is 0 Å². The van der Waals surface area contributed by atoms with Crippen molar-refractivity contribution in [3.05, 3.63) is 29.8 Å². The normalized spacial score (nSPS) is 18.7. The molecule has 3 nitrogen and oxygen atoms in total. The quantitative estimate of drug-likeness (QED) is 0.750. The lowest BCUT2D eigenvalue weighted by Gasteiger charge is -2.22. The van der Waals surface area contributed by atoms with Gasteiger partial charge in [-0.2, -0.15) is 4.39 Å². The Kier molecular flexibility index (Phi) is 3.02. The molecule has 1 heterocycles. The Hall–Kier alpha value is -1.45. The number of halogens is 1. The van der Waals surface area contributed by atoms with E-state index in [1.165, 1.54) is 31.7 Å². The van der Waals surface area contributed by atoms with Crippen LogP contribution in [-0.2, 0) is 0 Å². The van der Waals surface area contributed by atoms with Gasteiger partial charge in [-0.15, -0.1) is 0 Å². The molecule has 0 bridgehead atoms. The highest BCUT2D eigenvalue weighted by Gasteiger charge is 2.32. The molecule has 0 atom stereocenters. The number of nitrogens with zero attached hydrogens (tertiary/aromatic N) is 2. The predicted octanol–water partition coefficient (Wildman–Crippen LogP) is 2.48. The minimum Gasteiger partial charge on any atom is -0.337 e. The molecule has 1 aromatic rings. The zero-order valence-electron chi connectivity index (χ0n) is 10.3. The average Bonchev–Trinajstić information content (AvgIpc) is 3.22. The molecule has 0 N–H and O–H groups in total. The van der Waals surface area contributed by atoms with Crippen molar-refractivity contribution in [2.45, 2.75) is 25.7 Å². The highest BCUT2D eigenvalue weighted by atomic mass is 19.1. The van der Waals surface area contributed by atoms with Crippen LogP contribution in [0.3, 0.4) is 0 Å². The van der Waals surface area contributed by atoms with Crippen molar-refractivity contribution in [2.75, 3.05) is 13.1 Å². The van der Waals surface area contributed by atoms with E-state index in [-0.39, 0.29) is 11.6 Å². The molecule has 18 heavy (non-hydrogen) atoms. The summed E-state index contributed by atoms with van der Waals surface area (Å²) in [6.45, 7) is 1.63. The number of rotatable bonds is 5. The van der Waals surface area contributed by atoms with Gasteiger partial charge < -0.3 is 4.90 Å². The minimum absolute atomic E-state index is 0.117. The second-order valence-electron chi connectivity index (χ2n) is 5.44. The number of amides is 1. The topological polar surface area (TPSA) is 33.2 Å². The van der Waals surface area contributed by atoms with Crippen LogP contribution in [0.25, 0.3) is 0 Å². The summed E-state index contributed by atoms with van der Waals surface area (Å²) in [4.78, 5) is 17.9. The number of hydrogen-bond acceptors (Lipinski definition) is 2. The summed E-state index contributed by atoms with van der Waals surface area (Å²) in [5.41, 5.74) is 0.233. The lowest BCUT2D eigenvalue weighted by Crippen LogP contribution is -2.35. The molecule has 3 rings (SSSR count). The fourth-order valence-electron chi connectivity index (χ4n) is 2.15. The maximum Gasteiger partial charge on any atom is 0.272 e. The molecule has 0 saturated heterocycles. The van der Waals surface area contributed by atoms with Crippen LogP contribution < -0.4 is 0 Å². The lowest BCUT2D eigenvalue weighted by molar-refractivity contribution is 0.0732. The van der Waals surface area contributed by atoms with E-state index in [2.05, 4.69) is 4.98 Å². The third kappa shape index (κ3) is 2.86. The minimum atomic E-state index is -0.585. The number of hydrogen-bond donors (Lipinski definition) is 0. The third-order valence-electron chi connectivity index (χ3n) is 3.57. The van der Waals surface area contributed by atoms with E-state index in [1.807, 2.05) is 4.90 Å². The second-order valence-corrected chi connectivity index (χ2v) is 5.44. The summed E-state index contributed by atoms with van der Waals surface area (Å²) in [7, 11) is 0. The smallest absolute Gasteiger partial charge is 0.272 e. The van der Waals surface area contributed by atoms with E-state index in [0.717, 1.165) is 13.1 Å². The summed E-state index contributed by atoms with van der Waals surface area (Å²) in [6.07, 6.45) is 4.85. The maximum atomic E-state index is 13.1. The maximum absolute atomic E-state index is 13.1. The van der Waals surface area contributed by atoms with Gasteiger partial charge >= 0.3 is 0 Å². The summed E-state index contributed by atoms with van der Waals surface area (Å²) in [5.74, 6) is 0.606. The van der Waals surface area contributed by atoms with Crippen LogP contribution in [0.4, 0.5) is 4.39 Å². The fraction of sp³-hybridized carbons (Fsp3) is 0.571. The molecule has 2 aliphatic rings. The van der Waals surface area contributed by atoms with E-state index in [4.69, 9.17) is 0 Å². The van der Waals surface area contributed by atoms with Gasteiger partial charge in [0.15, 0.2) is 0 Å². The largest absolute Gasteiger partial charge is 0.337 e. The Bertz CT molecular complexity index is 441. The molecule has 2 aliphatic carbocycles. The highest BCUT2D eigenvalue weighted by molar-refractivity contribution is 5.92. The zero-order chi connectivity index (χ0) is 12.5. The van der Waals surface area contributed by atoms with Crippen molar-refractivity contribution in [1.82, 2.24) is 9.88 Å². The molecule has 1 aromatic heterocycles. The summed E-state index contributed by atoms with van der Waals surface area (Å²) >= 11 is 0. The van der Waals surface area contributed by atoms with E-state index in [1.54, 1.807) is 12.1 Å². The van der Waals surface area contributed by atoms with Gasteiger partial charge in [-0.3, -0.25) is 4.79 Å². The van der Waals surface area contributed by atoms with Crippen molar-refractivity contribution >= 4 is 5.91 Å². The summed E-state index contributed by atoms with van der Waals surface area (Å²) in [6, 6.07) is 4.41. The van der Waals surface area contributed by atoms with Crippen molar-refractivity contribution in [3.63, 3.8) is 0 Å². The Morgan fingerprint density at radius 1 is 1.22 bits per heavy atom. The molecular weight excluding hydrogens is 231 g/mol. The lowest BCUT2D eigenvalue weighted by atomic mass is 10.2. The Balaban J connectivity index is 1.72. The van der Waals surface area contributed by atoms with Gasteiger partial charge in [-0.05, 0) is 49.7 Å². The molecule has 0 unspecified atom stereocenters. The van der Waals surface area contributed by atoms with Gasteiger partial charge in [0, 0.05) is 13.1 Å². The molecule has 0 aromatic carbocycles. The van der Waals surface area contributed by atoms with Crippen LogP contribution in [0, 0.1) is 17.8 Å². The molecule has 0 spiro atoms. The zero-order valence-corrected chi connectivity index (χ0v) is 10.3. The number of aromatic nitrogens is 1. The van der Waals surface area contributed by atoms with Gasteiger partial charge in [0.2, 0.25) is 5.95 Å². The van der Waals surface area contributed by atoms with Gasteiger partial charge in [-0.25, -0.2) is 4.98 Å². The van der Waals surface area contributed by atoms with E-state index in [9.17, 15) is 9.18 Å². The van der Waals surface area contributed by atoms with Crippen LogP contribution in [0.1, 0.15) is 36.2 Å². The predicted molar refractivity (Wildman–Crippen MR) is 65.5 cm³/mol. The van der Waals surface area contributed by atoms with Crippen molar-refractivity contribution in [2.24, 2.45) is 11.8 Å². The van der Waals surface area contributed by atoms with Crippen LogP contribution in [0.5, 0.6) is 0 Å². The molecule has 0 radical (unpaired) electrons. The second kappa shape index (κ2) is 4.67. The van der Waals surface area contributed by atoms with Gasteiger partial charge in [0.25, 0.3) is 5.91 Å². The molecule has 4 heteroatoms. The molecule has 1 amide bonds. The highest BCUT2D eigenvalue weighted by Crippen LogP contribution is 2.34. The molecule has 2 fully saturated rings. The first-order valence-corrected chi connectivity index (χ1v) is 6.64. The molecule has 0 aliphatic heterocycles. The van der Waals surface area contributed by atoms with Crippen molar-refractivity contribution in [1.29, 1.82) is 0 Å². The van der Waals surface area contributed by atoms with Crippen molar-refractivity contribution < 1.29 is 9.18 Å². The van der Waals surface area contributed by atoms with Gasteiger partial charge in [-0.1, -0.05) is 6.07 Å². The first-order valence-electron chi connectivity index (χ1n) is 6.64. The summed E-state index contributed by atoms with van der Waals surface area (Å²) in [5, 5.41) is 0. The first kappa shape index (κ1) is 11.6. The summed E-state index contributed by atoms with van der Waals surface area (Å²) < 4.78 is 13.1. The fourth-order valence-corrected chi connectivity index (χ4v) is 2.15. The number of pyridine rings is 1. The van der Waals surface area contributed by atoms with E-state index >= 15 is 0 Å². The molecule has 96 valence electrons. The Morgan fingerprint density at radius 3 is 2.33 bits per heavy atom. The van der Waals surface area contributed by atoms with Crippen LogP contribution in [-0.4, -0.2) is 28.9 Å². The molecular formula is C14H17FN2O. The standard InChI is InChI=1S/C14H17FN2O/c15-13-3-1-2-12(16-13)14(18)17(8-10-4-5-10)9-11-6-7-11/h1-3,10-11H,4-9H2. The SMILES string of the molecule is O=C(c1cccc(F)n1)N(CC1CC1)CC1CC1. The number of carbonyl (C=O) groups is 1. The van der Waals surface area contributed by atoms with E-state index in [0.29, 0.717) is 11.8 Å². The monoisotopic (exact) mass is 248 g/mol. The molecule has 2 saturated carbocycles. The van der Waals surface area contributed by atoms with Gasteiger partial charge in [0.1, 0.15) is 5.69 Å². The van der Waals surface area contributed by atoms with Crippen LogP contribution >= 0.6 is 0 Å². The van der Waals surface area contributed by atoms with Crippen LogP contribution in [0.15, 0.2) is 18.2 Å². The average molecular weight is 248 g/mol. The first-order chi connectivity index (χ1) is 8.72. The Morgan fingerprint density at radius 2 is 1.83 bits per heavy atom. The van der Waals surface area contributed by atoms with Crippen molar-refractivity contribution in [3.8, 4) is 0 Å². The van der Waals surface area contributed by atoms with Gasteiger partial charge in [0.05, 0.1) is 0 Å². The number of carbonyl (C=O) groups excluding carboxylic acids is 1. The van der Waals surface area contributed by atoms with E-state index < -0.39 is 5.95 Å². The Labute approximate surface area is 106 Å². The third-order valence-corrected chi connectivity index (χ3v) is 3.57.